The molecule has 0 spiro atoms. The number of nitrogens with one attached hydrogen (secondary N) is 1. The Balaban J connectivity index is 2.05. The van der Waals surface area contributed by atoms with Crippen LogP contribution in [-0.2, 0) is 9.53 Å². The largest absolute Gasteiger partial charge is 0.468 e. The summed E-state index contributed by atoms with van der Waals surface area (Å²) in [6.07, 6.45) is 0. The van der Waals surface area contributed by atoms with Gasteiger partial charge >= 0.3 is 5.97 Å². The molecule has 0 aliphatic heterocycles. The Morgan fingerprint density at radius 3 is 2.95 bits per heavy atom. The molecule has 1 N–H and O–H groups in total. The molecule has 0 aliphatic carbocycles. The van der Waals surface area contributed by atoms with Crippen molar-refractivity contribution in [2.75, 3.05) is 19.0 Å². The second kappa shape index (κ2) is 6.62. The molecule has 2 rings (SSSR count). The normalized spacial score (nSPS) is 9.32. The molecule has 1 heterocycles. The fourth-order valence-electron chi connectivity index (χ4n) is 1.44. The van der Waals surface area contributed by atoms with Crippen molar-refractivity contribution >= 4 is 23.0 Å². The zero-order chi connectivity index (χ0) is 13.5. The summed E-state index contributed by atoms with van der Waals surface area (Å²) in [6.45, 7) is 0.151. The van der Waals surface area contributed by atoms with Crippen molar-refractivity contribution in [3.05, 3.63) is 52.2 Å². The second-order valence-electron chi connectivity index (χ2n) is 3.74. The summed E-state index contributed by atoms with van der Waals surface area (Å²) < 4.78 is 4.57. The number of rotatable bonds is 3. The van der Waals surface area contributed by atoms with Crippen LogP contribution in [0.2, 0.25) is 0 Å². The van der Waals surface area contributed by atoms with Crippen LogP contribution in [0.4, 0.5) is 5.69 Å². The maximum absolute atomic E-state index is 11.0. The fraction of sp³-hybridized carbons (Fsp3) is 0.133. The first-order chi connectivity index (χ1) is 9.28. The van der Waals surface area contributed by atoms with E-state index in [4.69, 9.17) is 0 Å². The maximum atomic E-state index is 11.0. The summed E-state index contributed by atoms with van der Waals surface area (Å²) >= 11 is 1.61. The van der Waals surface area contributed by atoms with Crippen LogP contribution in [0.5, 0.6) is 0 Å². The molecule has 0 radical (unpaired) electrons. The van der Waals surface area contributed by atoms with E-state index in [-0.39, 0.29) is 12.5 Å². The summed E-state index contributed by atoms with van der Waals surface area (Å²) in [7, 11) is 1.37. The van der Waals surface area contributed by atoms with Gasteiger partial charge in [0.25, 0.3) is 0 Å². The predicted molar refractivity (Wildman–Crippen MR) is 77.2 cm³/mol. The van der Waals surface area contributed by atoms with E-state index in [1.165, 1.54) is 7.11 Å². The number of anilines is 1. The molecule has 3 nitrogen and oxygen atoms in total. The maximum Gasteiger partial charge on any atom is 0.325 e. The van der Waals surface area contributed by atoms with E-state index < -0.39 is 0 Å². The lowest BCUT2D eigenvalue weighted by molar-refractivity contribution is -0.138. The number of ether oxygens (including phenoxy) is 1. The summed E-state index contributed by atoms with van der Waals surface area (Å²) in [5.74, 6) is 5.89. The molecule has 1 aromatic heterocycles. The van der Waals surface area contributed by atoms with Crippen LogP contribution in [0, 0.1) is 11.8 Å². The van der Waals surface area contributed by atoms with E-state index in [9.17, 15) is 4.79 Å². The van der Waals surface area contributed by atoms with Crippen molar-refractivity contribution in [3.8, 4) is 11.8 Å². The third-order valence-corrected chi connectivity index (χ3v) is 3.16. The van der Waals surface area contributed by atoms with Gasteiger partial charge in [-0.1, -0.05) is 24.0 Å². The molecule has 0 unspecified atom stereocenters. The third-order valence-electron chi connectivity index (χ3n) is 2.38. The van der Waals surface area contributed by atoms with Crippen LogP contribution in [0.15, 0.2) is 41.8 Å². The fourth-order valence-corrected chi connectivity index (χ4v) is 2.01. The monoisotopic (exact) mass is 271 g/mol. The van der Waals surface area contributed by atoms with Crippen LogP contribution >= 0.6 is 11.3 Å². The molecule has 0 aliphatic rings. The quantitative estimate of drug-likeness (QED) is 0.689. The van der Waals surface area contributed by atoms with Gasteiger partial charge in [0.05, 0.1) is 12.0 Å². The molecule has 0 saturated carbocycles. The van der Waals surface area contributed by atoms with Gasteiger partial charge in [-0.15, -0.1) is 11.3 Å². The van der Waals surface area contributed by atoms with Crippen LogP contribution in [-0.4, -0.2) is 19.6 Å². The van der Waals surface area contributed by atoms with Crippen LogP contribution < -0.4 is 5.32 Å². The minimum absolute atomic E-state index is 0.151. The zero-order valence-electron chi connectivity index (χ0n) is 10.5. The average Bonchev–Trinajstić information content (AvgIpc) is 2.96. The third kappa shape index (κ3) is 4.16. The van der Waals surface area contributed by atoms with E-state index in [0.717, 1.165) is 16.1 Å². The van der Waals surface area contributed by atoms with Crippen molar-refractivity contribution in [3.63, 3.8) is 0 Å². The van der Waals surface area contributed by atoms with E-state index >= 15 is 0 Å². The lowest BCUT2D eigenvalue weighted by Crippen LogP contribution is -2.14. The first-order valence-electron chi connectivity index (χ1n) is 5.74. The molecule has 96 valence electrons. The molecule has 0 amide bonds. The summed E-state index contributed by atoms with van der Waals surface area (Å²) in [5.41, 5.74) is 1.76. The molecular weight excluding hydrogens is 258 g/mol. The first kappa shape index (κ1) is 13.2. The Bertz CT molecular complexity index is 609. The molecule has 0 fully saturated rings. The average molecular weight is 271 g/mol. The topological polar surface area (TPSA) is 38.3 Å². The van der Waals surface area contributed by atoms with Gasteiger partial charge in [0.1, 0.15) is 6.54 Å². The van der Waals surface area contributed by atoms with Crippen molar-refractivity contribution in [2.24, 2.45) is 0 Å². The molecular formula is C15H13NO2S. The summed E-state index contributed by atoms with van der Waals surface area (Å²) in [4.78, 5) is 12.1. The second-order valence-corrected chi connectivity index (χ2v) is 4.69. The van der Waals surface area contributed by atoms with Gasteiger partial charge < -0.3 is 10.1 Å². The van der Waals surface area contributed by atoms with Gasteiger partial charge in [-0.3, -0.25) is 4.79 Å². The number of esters is 1. The van der Waals surface area contributed by atoms with Gasteiger partial charge in [0, 0.05) is 11.3 Å². The Kier molecular flexibility index (Phi) is 4.60. The lowest BCUT2D eigenvalue weighted by atomic mass is 10.2. The highest BCUT2D eigenvalue weighted by Crippen LogP contribution is 2.11. The number of hydrogen-bond donors (Lipinski definition) is 1. The standard InChI is InChI=1S/C15H13NO2S/c1-18-15(17)11-16-13-5-2-4-12(10-13)7-8-14-6-3-9-19-14/h2-6,9-10,16H,11H2,1H3. The highest BCUT2D eigenvalue weighted by molar-refractivity contribution is 7.10. The number of benzene rings is 1. The van der Waals surface area contributed by atoms with Crippen molar-refractivity contribution in [2.45, 2.75) is 0 Å². The summed E-state index contributed by atoms with van der Waals surface area (Å²) in [6, 6.07) is 11.6. The number of methoxy groups -OCH3 is 1. The van der Waals surface area contributed by atoms with Gasteiger partial charge in [0.15, 0.2) is 0 Å². The van der Waals surface area contributed by atoms with Gasteiger partial charge in [-0.25, -0.2) is 0 Å². The molecule has 0 atom stereocenters. The molecule has 2 aromatic rings. The molecule has 19 heavy (non-hydrogen) atoms. The van der Waals surface area contributed by atoms with E-state index in [2.05, 4.69) is 21.9 Å². The number of carbonyl (C=O) groups excluding carboxylic acids is 1. The lowest BCUT2D eigenvalue weighted by Gasteiger charge is -2.04. The minimum Gasteiger partial charge on any atom is -0.468 e. The van der Waals surface area contributed by atoms with Crippen LogP contribution in [0.3, 0.4) is 0 Å². The Morgan fingerprint density at radius 1 is 1.32 bits per heavy atom. The predicted octanol–water partition coefficient (Wildman–Crippen LogP) is 2.73. The molecule has 4 heteroatoms. The SMILES string of the molecule is COC(=O)CNc1cccc(C#Cc2cccs2)c1. The van der Waals surface area contributed by atoms with E-state index in [1.54, 1.807) is 11.3 Å². The highest BCUT2D eigenvalue weighted by atomic mass is 32.1. The van der Waals surface area contributed by atoms with Gasteiger partial charge in [0.2, 0.25) is 0 Å². The molecule has 0 bridgehead atoms. The number of thiophene rings is 1. The van der Waals surface area contributed by atoms with Crippen LogP contribution in [0.1, 0.15) is 10.4 Å². The number of hydrogen-bond acceptors (Lipinski definition) is 4. The highest BCUT2D eigenvalue weighted by Gasteiger charge is 1.99. The first-order valence-corrected chi connectivity index (χ1v) is 6.62. The molecule has 1 aromatic carbocycles. The zero-order valence-corrected chi connectivity index (χ0v) is 11.3. The Hall–Kier alpha value is -2.25. The van der Waals surface area contributed by atoms with Crippen molar-refractivity contribution in [1.82, 2.24) is 0 Å². The van der Waals surface area contributed by atoms with Crippen LogP contribution in [0.25, 0.3) is 0 Å². The van der Waals surface area contributed by atoms with E-state index in [0.29, 0.717) is 0 Å². The van der Waals surface area contributed by atoms with Crippen molar-refractivity contribution in [1.29, 1.82) is 0 Å². The minimum atomic E-state index is -0.296. The van der Waals surface area contributed by atoms with Crippen molar-refractivity contribution < 1.29 is 9.53 Å². The smallest absolute Gasteiger partial charge is 0.325 e. The molecule has 0 saturated heterocycles. The van der Waals surface area contributed by atoms with Gasteiger partial charge in [-0.05, 0) is 29.6 Å². The number of carbonyl (C=O) groups is 1. The van der Waals surface area contributed by atoms with E-state index in [1.807, 2.05) is 41.8 Å². The van der Waals surface area contributed by atoms with Gasteiger partial charge in [-0.2, -0.15) is 0 Å². The Morgan fingerprint density at radius 2 is 2.21 bits per heavy atom. The summed E-state index contributed by atoms with van der Waals surface area (Å²) in [5, 5.41) is 4.99. The Labute approximate surface area is 116 Å².